The van der Waals surface area contributed by atoms with Gasteiger partial charge in [-0.1, -0.05) is 18.2 Å². The number of fused-ring (bicyclic) bond motifs is 3. The number of hydrogen-bond donors (Lipinski definition) is 0. The predicted molar refractivity (Wildman–Crippen MR) is 110 cm³/mol. The van der Waals surface area contributed by atoms with E-state index < -0.39 is 0 Å². The third kappa shape index (κ3) is 3.29. The van der Waals surface area contributed by atoms with Gasteiger partial charge in [-0.3, -0.25) is 14.7 Å². The van der Waals surface area contributed by atoms with E-state index in [-0.39, 0.29) is 18.0 Å². The van der Waals surface area contributed by atoms with Gasteiger partial charge < -0.3 is 14.2 Å². The maximum atomic E-state index is 13.2. The number of likely N-dealkylation sites (tertiary alicyclic amines) is 1. The van der Waals surface area contributed by atoms with E-state index in [0.717, 1.165) is 36.8 Å². The maximum absolute atomic E-state index is 13.2. The molecule has 2 aliphatic rings. The molecule has 6 heteroatoms. The van der Waals surface area contributed by atoms with Crippen molar-refractivity contribution in [3.8, 4) is 5.75 Å². The highest BCUT2D eigenvalue weighted by atomic mass is 16.5. The van der Waals surface area contributed by atoms with Crippen LogP contribution in [0, 0.1) is 0 Å². The number of benzene rings is 1. The number of carbonyl (C=O) groups is 1. The van der Waals surface area contributed by atoms with Gasteiger partial charge in [-0.05, 0) is 42.0 Å². The largest absolute Gasteiger partial charge is 0.497 e. The van der Waals surface area contributed by atoms with Crippen molar-refractivity contribution in [2.45, 2.75) is 25.2 Å². The van der Waals surface area contributed by atoms with E-state index >= 15 is 0 Å². The van der Waals surface area contributed by atoms with Crippen molar-refractivity contribution in [3.05, 3.63) is 83.9 Å². The second kappa shape index (κ2) is 7.37. The van der Waals surface area contributed by atoms with Crippen LogP contribution in [0.5, 0.6) is 5.75 Å². The van der Waals surface area contributed by atoms with Gasteiger partial charge in [0.2, 0.25) is 0 Å². The number of carbonyl (C=O) groups excluding carboxylic acids is 1. The molecule has 2 aliphatic heterocycles. The quantitative estimate of drug-likeness (QED) is 0.674. The maximum Gasteiger partial charge on any atom is 0.271 e. The van der Waals surface area contributed by atoms with E-state index in [2.05, 4.69) is 26.6 Å². The van der Waals surface area contributed by atoms with Crippen LogP contribution in [-0.4, -0.2) is 51.5 Å². The van der Waals surface area contributed by atoms with Crippen molar-refractivity contribution >= 4 is 5.91 Å². The summed E-state index contributed by atoms with van der Waals surface area (Å²) in [5, 5.41) is 0. The molecule has 5 rings (SSSR count). The lowest BCUT2D eigenvalue weighted by molar-refractivity contribution is 0.0553. The highest BCUT2D eigenvalue weighted by Crippen LogP contribution is 2.35. The van der Waals surface area contributed by atoms with Gasteiger partial charge in [-0.25, -0.2) is 0 Å². The predicted octanol–water partition coefficient (Wildman–Crippen LogP) is 2.97. The first-order valence-corrected chi connectivity index (χ1v) is 9.96. The van der Waals surface area contributed by atoms with Crippen LogP contribution in [0.15, 0.2) is 67.0 Å². The number of aromatic nitrogens is 2. The number of nitrogens with zero attached hydrogens (tertiary/aromatic N) is 4. The summed E-state index contributed by atoms with van der Waals surface area (Å²) < 4.78 is 7.53. The summed E-state index contributed by atoms with van der Waals surface area (Å²) in [4.78, 5) is 22.1. The van der Waals surface area contributed by atoms with Crippen LogP contribution in [0.25, 0.3) is 0 Å². The second-order valence-corrected chi connectivity index (χ2v) is 7.74. The van der Waals surface area contributed by atoms with Crippen LogP contribution in [0.2, 0.25) is 0 Å². The fourth-order valence-electron chi connectivity index (χ4n) is 4.60. The first kappa shape index (κ1) is 17.9. The summed E-state index contributed by atoms with van der Waals surface area (Å²) in [6, 6.07) is 18.4. The zero-order valence-corrected chi connectivity index (χ0v) is 16.4. The average Bonchev–Trinajstić information content (AvgIpc) is 3.39. The Hall–Kier alpha value is -3.12. The van der Waals surface area contributed by atoms with Gasteiger partial charge in [0.15, 0.2) is 0 Å². The van der Waals surface area contributed by atoms with E-state index in [1.54, 1.807) is 13.3 Å². The van der Waals surface area contributed by atoms with Crippen molar-refractivity contribution in [3.63, 3.8) is 0 Å². The monoisotopic (exact) mass is 388 g/mol. The summed E-state index contributed by atoms with van der Waals surface area (Å²) >= 11 is 0. The second-order valence-electron chi connectivity index (χ2n) is 7.74. The van der Waals surface area contributed by atoms with E-state index in [1.807, 2.05) is 53.6 Å². The molecule has 3 aromatic rings. The van der Waals surface area contributed by atoms with Gasteiger partial charge in [0, 0.05) is 32.0 Å². The smallest absolute Gasteiger partial charge is 0.271 e. The Morgan fingerprint density at radius 2 is 1.93 bits per heavy atom. The molecule has 0 bridgehead atoms. The van der Waals surface area contributed by atoms with E-state index in [9.17, 15) is 4.79 Å². The minimum atomic E-state index is 0.0881. The SMILES string of the molecule is COc1cccc(CN2C[C@@H]3[C@@H](C2)n2cccc2C(=O)N3Cc2ccccn2)c1. The zero-order chi connectivity index (χ0) is 19.8. The van der Waals surface area contributed by atoms with Gasteiger partial charge in [0.25, 0.3) is 5.91 Å². The van der Waals surface area contributed by atoms with Crippen LogP contribution in [0.3, 0.4) is 0 Å². The highest BCUT2D eigenvalue weighted by Gasteiger charge is 2.44. The third-order valence-corrected chi connectivity index (χ3v) is 5.95. The van der Waals surface area contributed by atoms with E-state index in [1.165, 1.54) is 5.56 Å². The molecule has 1 saturated heterocycles. The summed E-state index contributed by atoms with van der Waals surface area (Å²) in [6.45, 7) is 3.14. The first-order chi connectivity index (χ1) is 14.2. The standard InChI is InChI=1S/C23H24N4O2/c1-29-19-8-4-6-17(12-19)13-25-15-21-22(16-25)27(14-18-7-2-3-10-24-18)23(28)20-9-5-11-26(20)21/h2-12,21-22H,13-16H2,1H3/t21-,22-/m1/s1. The number of ether oxygens (including phenoxy) is 1. The summed E-state index contributed by atoms with van der Waals surface area (Å²) in [5.41, 5.74) is 2.91. The molecule has 4 heterocycles. The van der Waals surface area contributed by atoms with Crippen LogP contribution < -0.4 is 4.74 Å². The molecule has 2 atom stereocenters. The lowest BCUT2D eigenvalue weighted by Gasteiger charge is -2.38. The van der Waals surface area contributed by atoms with Crippen molar-refractivity contribution < 1.29 is 9.53 Å². The molecule has 0 spiro atoms. The Morgan fingerprint density at radius 1 is 1.03 bits per heavy atom. The van der Waals surface area contributed by atoms with Crippen molar-refractivity contribution in [2.75, 3.05) is 20.2 Å². The minimum Gasteiger partial charge on any atom is -0.497 e. The third-order valence-electron chi connectivity index (χ3n) is 5.95. The number of methoxy groups -OCH3 is 1. The molecular formula is C23H24N4O2. The van der Waals surface area contributed by atoms with Crippen LogP contribution in [-0.2, 0) is 13.1 Å². The Bertz CT molecular complexity index is 1020. The number of rotatable bonds is 5. The molecular weight excluding hydrogens is 364 g/mol. The fourth-order valence-corrected chi connectivity index (χ4v) is 4.60. The summed E-state index contributed by atoms with van der Waals surface area (Å²) in [6.07, 6.45) is 3.83. The summed E-state index contributed by atoms with van der Waals surface area (Å²) in [7, 11) is 1.69. The minimum absolute atomic E-state index is 0.0881. The Kier molecular flexibility index (Phi) is 4.56. The van der Waals surface area contributed by atoms with Gasteiger partial charge in [-0.15, -0.1) is 0 Å². The number of pyridine rings is 1. The summed E-state index contributed by atoms with van der Waals surface area (Å²) in [5.74, 6) is 0.962. The number of amides is 1. The molecule has 29 heavy (non-hydrogen) atoms. The zero-order valence-electron chi connectivity index (χ0n) is 16.4. The van der Waals surface area contributed by atoms with E-state index in [0.29, 0.717) is 6.54 Å². The molecule has 1 aromatic carbocycles. The van der Waals surface area contributed by atoms with Crippen LogP contribution in [0.1, 0.15) is 27.8 Å². The van der Waals surface area contributed by atoms with Gasteiger partial charge in [-0.2, -0.15) is 0 Å². The number of hydrogen-bond acceptors (Lipinski definition) is 4. The first-order valence-electron chi connectivity index (χ1n) is 9.96. The molecule has 2 aromatic heterocycles. The average molecular weight is 388 g/mol. The Balaban J connectivity index is 1.41. The van der Waals surface area contributed by atoms with Gasteiger partial charge in [0.1, 0.15) is 11.4 Å². The lowest BCUT2D eigenvalue weighted by Crippen LogP contribution is -2.49. The highest BCUT2D eigenvalue weighted by molar-refractivity contribution is 5.94. The molecule has 0 saturated carbocycles. The van der Waals surface area contributed by atoms with Gasteiger partial charge in [0.05, 0.1) is 31.4 Å². The van der Waals surface area contributed by atoms with Crippen molar-refractivity contribution in [2.24, 2.45) is 0 Å². The van der Waals surface area contributed by atoms with Crippen LogP contribution in [0.4, 0.5) is 0 Å². The van der Waals surface area contributed by atoms with Crippen molar-refractivity contribution in [1.82, 2.24) is 19.4 Å². The fraction of sp³-hybridized carbons (Fsp3) is 0.304. The molecule has 148 valence electrons. The lowest BCUT2D eigenvalue weighted by atomic mass is 10.1. The molecule has 6 nitrogen and oxygen atoms in total. The van der Waals surface area contributed by atoms with E-state index in [4.69, 9.17) is 4.74 Å². The Labute approximate surface area is 170 Å². The molecule has 0 radical (unpaired) electrons. The molecule has 1 amide bonds. The van der Waals surface area contributed by atoms with Gasteiger partial charge >= 0.3 is 0 Å². The Morgan fingerprint density at radius 3 is 2.76 bits per heavy atom. The normalized spacial score (nSPS) is 21.1. The van der Waals surface area contributed by atoms with Crippen molar-refractivity contribution in [1.29, 1.82) is 0 Å². The van der Waals surface area contributed by atoms with Crippen LogP contribution >= 0.6 is 0 Å². The molecule has 0 unspecified atom stereocenters. The molecule has 1 fully saturated rings. The molecule has 0 aliphatic carbocycles. The molecule has 0 N–H and O–H groups in total. The topological polar surface area (TPSA) is 50.6 Å².